The van der Waals surface area contributed by atoms with Gasteiger partial charge in [-0.15, -0.1) is 0 Å². The summed E-state index contributed by atoms with van der Waals surface area (Å²) in [7, 11) is -2.03. The molecule has 0 aliphatic heterocycles. The van der Waals surface area contributed by atoms with E-state index in [1.807, 2.05) is 0 Å². The lowest BCUT2D eigenvalue weighted by Gasteiger charge is -2.41. The number of benzene rings is 4. The SMILES string of the molecule is CC(C)=CC[Si](C)(C1c2ccccc2-c2ccccc21)C1c2ccccc2-c2ccccc21. The van der Waals surface area contributed by atoms with Crippen molar-refractivity contribution in [3.63, 3.8) is 0 Å². The highest BCUT2D eigenvalue weighted by atomic mass is 28.3. The number of hydrogen-bond acceptors (Lipinski definition) is 0. The maximum atomic E-state index is 2.68. The van der Waals surface area contributed by atoms with Crippen LogP contribution in [0.25, 0.3) is 22.3 Å². The zero-order valence-electron chi connectivity index (χ0n) is 19.7. The van der Waals surface area contributed by atoms with E-state index in [0.717, 1.165) is 0 Å². The highest BCUT2D eigenvalue weighted by molar-refractivity contribution is 6.83. The topological polar surface area (TPSA) is 0 Å². The van der Waals surface area contributed by atoms with Crippen LogP contribution in [0.4, 0.5) is 0 Å². The maximum Gasteiger partial charge on any atom is 0.0797 e. The van der Waals surface area contributed by atoms with Crippen molar-refractivity contribution in [2.24, 2.45) is 0 Å². The van der Waals surface area contributed by atoms with Crippen LogP contribution >= 0.6 is 0 Å². The number of allylic oxidation sites excluding steroid dienone is 2. The number of fused-ring (bicyclic) bond motifs is 6. The minimum Gasteiger partial charge on any atom is -0.0885 e. The summed E-state index contributed by atoms with van der Waals surface area (Å²) in [5.74, 6) is 0. The van der Waals surface area contributed by atoms with E-state index < -0.39 is 8.07 Å². The van der Waals surface area contributed by atoms with Crippen molar-refractivity contribution in [3.05, 3.63) is 131 Å². The quantitative estimate of drug-likeness (QED) is 0.219. The van der Waals surface area contributed by atoms with Crippen molar-refractivity contribution in [3.8, 4) is 22.3 Å². The van der Waals surface area contributed by atoms with Crippen LogP contribution in [0.2, 0.25) is 12.6 Å². The smallest absolute Gasteiger partial charge is 0.0797 e. The second-order valence-corrected chi connectivity index (χ2v) is 14.8. The summed E-state index contributed by atoms with van der Waals surface area (Å²) in [6.45, 7) is 7.18. The van der Waals surface area contributed by atoms with Crippen molar-refractivity contribution in [2.75, 3.05) is 0 Å². The van der Waals surface area contributed by atoms with Crippen LogP contribution in [-0.4, -0.2) is 8.07 Å². The Bertz CT molecular complexity index is 1200. The standard InChI is InChI=1S/C32H30Si/c1-22(2)20-21-33(3,31-27-16-8-4-12-23(27)24-13-5-9-17-28(24)31)32-29-18-10-6-14-25(29)26-15-7-11-19-30(26)32/h4-20,31-32H,21H2,1-3H3. The van der Waals surface area contributed by atoms with Crippen LogP contribution in [0.1, 0.15) is 47.2 Å². The van der Waals surface area contributed by atoms with Gasteiger partial charge >= 0.3 is 0 Å². The molecule has 0 saturated heterocycles. The second kappa shape index (κ2) is 7.71. The molecular formula is C32H30Si. The van der Waals surface area contributed by atoms with Gasteiger partial charge in [-0.2, -0.15) is 0 Å². The molecule has 0 nitrogen and oxygen atoms in total. The van der Waals surface area contributed by atoms with E-state index in [1.165, 1.54) is 56.1 Å². The average Bonchev–Trinajstić information content (AvgIpc) is 3.37. The van der Waals surface area contributed by atoms with Crippen LogP contribution < -0.4 is 0 Å². The molecule has 0 amide bonds. The molecule has 0 heterocycles. The Balaban J connectivity index is 1.64. The summed E-state index contributed by atoms with van der Waals surface area (Å²) in [5, 5.41) is 0. The third kappa shape index (κ3) is 3.03. The first-order chi connectivity index (χ1) is 16.1. The Morgan fingerprint density at radius 2 is 0.879 bits per heavy atom. The summed E-state index contributed by atoms with van der Waals surface area (Å²) in [5.41, 5.74) is 14.3. The zero-order chi connectivity index (χ0) is 22.6. The highest BCUT2D eigenvalue weighted by Crippen LogP contribution is 2.58. The van der Waals surface area contributed by atoms with Gasteiger partial charge in [0.05, 0.1) is 8.07 Å². The largest absolute Gasteiger partial charge is 0.0885 e. The predicted octanol–water partition coefficient (Wildman–Crippen LogP) is 8.73. The van der Waals surface area contributed by atoms with Crippen LogP contribution in [0, 0.1) is 0 Å². The number of rotatable bonds is 4. The molecule has 2 aliphatic carbocycles. The summed E-state index contributed by atoms with van der Waals surface area (Å²) in [6.07, 6.45) is 2.53. The lowest BCUT2D eigenvalue weighted by molar-refractivity contribution is 0.989. The highest BCUT2D eigenvalue weighted by Gasteiger charge is 2.51. The van der Waals surface area contributed by atoms with Gasteiger partial charge < -0.3 is 0 Å². The van der Waals surface area contributed by atoms with E-state index in [0.29, 0.717) is 11.1 Å². The van der Waals surface area contributed by atoms with E-state index in [9.17, 15) is 0 Å². The fourth-order valence-corrected chi connectivity index (χ4v) is 12.1. The molecule has 0 spiro atoms. The lowest BCUT2D eigenvalue weighted by atomic mass is 10.1. The van der Waals surface area contributed by atoms with Crippen LogP contribution in [0.3, 0.4) is 0 Å². The Hall–Kier alpha value is -3.16. The molecule has 0 atom stereocenters. The third-order valence-corrected chi connectivity index (χ3v) is 12.9. The molecule has 0 unspecified atom stereocenters. The van der Waals surface area contributed by atoms with Crippen molar-refractivity contribution in [2.45, 2.75) is 37.5 Å². The molecule has 4 aromatic carbocycles. The normalized spacial score (nSPS) is 14.4. The predicted molar refractivity (Wildman–Crippen MR) is 143 cm³/mol. The third-order valence-electron chi connectivity index (χ3n) is 7.94. The molecule has 0 saturated carbocycles. The van der Waals surface area contributed by atoms with Gasteiger partial charge in [-0.3, -0.25) is 0 Å². The fourth-order valence-electron chi connectivity index (χ4n) is 6.56. The van der Waals surface area contributed by atoms with Crippen molar-refractivity contribution >= 4 is 8.07 Å². The summed E-state index contributed by atoms with van der Waals surface area (Å²) in [6, 6.07) is 37.9. The molecule has 0 aromatic heterocycles. The molecule has 0 radical (unpaired) electrons. The molecule has 1 heteroatoms. The van der Waals surface area contributed by atoms with Gasteiger partial charge in [0.25, 0.3) is 0 Å². The van der Waals surface area contributed by atoms with Gasteiger partial charge in [0.1, 0.15) is 0 Å². The molecule has 2 aliphatic rings. The van der Waals surface area contributed by atoms with Crippen molar-refractivity contribution in [1.29, 1.82) is 0 Å². The van der Waals surface area contributed by atoms with E-state index in [-0.39, 0.29) is 0 Å². The Morgan fingerprint density at radius 3 is 1.18 bits per heavy atom. The van der Waals surface area contributed by atoms with E-state index >= 15 is 0 Å². The number of hydrogen-bond donors (Lipinski definition) is 0. The first-order valence-electron chi connectivity index (χ1n) is 12.1. The minimum atomic E-state index is -2.03. The molecule has 0 bridgehead atoms. The van der Waals surface area contributed by atoms with Crippen molar-refractivity contribution < 1.29 is 0 Å². The summed E-state index contributed by atoms with van der Waals surface area (Å²) < 4.78 is 0. The average molecular weight is 443 g/mol. The van der Waals surface area contributed by atoms with E-state index in [2.05, 4.69) is 124 Å². The molecule has 33 heavy (non-hydrogen) atoms. The summed E-state index contributed by atoms with van der Waals surface area (Å²) in [4.78, 5) is 0. The maximum absolute atomic E-state index is 2.68. The molecule has 6 rings (SSSR count). The van der Waals surface area contributed by atoms with Gasteiger partial charge in [0.2, 0.25) is 0 Å². The van der Waals surface area contributed by atoms with Crippen LogP contribution in [0.5, 0.6) is 0 Å². The van der Waals surface area contributed by atoms with Crippen molar-refractivity contribution in [1.82, 2.24) is 0 Å². The zero-order valence-corrected chi connectivity index (χ0v) is 20.7. The van der Waals surface area contributed by atoms with E-state index in [4.69, 9.17) is 0 Å². The van der Waals surface area contributed by atoms with Gasteiger partial charge in [-0.25, -0.2) is 0 Å². The molecule has 162 valence electrons. The lowest BCUT2D eigenvalue weighted by Crippen LogP contribution is -2.44. The molecular weight excluding hydrogens is 412 g/mol. The fraction of sp³-hybridized carbons (Fsp3) is 0.188. The Labute approximate surface area is 198 Å². The van der Waals surface area contributed by atoms with Crippen LogP contribution in [0.15, 0.2) is 109 Å². The van der Waals surface area contributed by atoms with Gasteiger partial charge in [-0.1, -0.05) is 115 Å². The first kappa shape index (κ1) is 20.4. The van der Waals surface area contributed by atoms with Crippen LogP contribution in [-0.2, 0) is 0 Å². The first-order valence-corrected chi connectivity index (χ1v) is 15.0. The second-order valence-electron chi connectivity index (χ2n) is 10.2. The minimum absolute atomic E-state index is 0.477. The molecule has 0 N–H and O–H groups in total. The summed E-state index contributed by atoms with van der Waals surface area (Å²) >= 11 is 0. The molecule has 4 aromatic rings. The monoisotopic (exact) mass is 442 g/mol. The van der Waals surface area contributed by atoms with Gasteiger partial charge in [0, 0.05) is 11.1 Å². The molecule has 0 fully saturated rings. The van der Waals surface area contributed by atoms with Gasteiger partial charge in [-0.05, 0) is 64.4 Å². The van der Waals surface area contributed by atoms with E-state index in [1.54, 1.807) is 0 Å². The Kier molecular flexibility index (Phi) is 4.78. The Morgan fingerprint density at radius 1 is 0.576 bits per heavy atom. The van der Waals surface area contributed by atoms with Gasteiger partial charge in [0.15, 0.2) is 0 Å².